The Balaban J connectivity index is -0.000000405. The molecule has 0 aromatic carbocycles. The van der Waals surface area contributed by atoms with Crippen molar-refractivity contribution >= 4 is 7.60 Å². The van der Waals surface area contributed by atoms with Crippen LogP contribution in [0.25, 0.3) is 0 Å². The fourth-order valence-corrected chi connectivity index (χ4v) is 1.84. The molecule has 3 nitrogen and oxygen atoms in total. The Hall–Kier alpha value is 1.15. The molecule has 0 atom stereocenters. The van der Waals surface area contributed by atoms with Crippen molar-refractivity contribution in [1.29, 1.82) is 0 Å². The van der Waals surface area contributed by atoms with Crippen molar-refractivity contribution in [3.8, 4) is 0 Å². The van der Waals surface area contributed by atoms with Crippen molar-refractivity contribution in [1.82, 2.24) is 0 Å². The Labute approximate surface area is 92.2 Å². The topological polar surface area (TPSA) is 35.5 Å². The van der Waals surface area contributed by atoms with Gasteiger partial charge >= 0.3 is 37.2 Å². The molecule has 0 aliphatic carbocycles. The normalized spacial score (nSPS) is 10.8. The van der Waals surface area contributed by atoms with Crippen LogP contribution in [0.5, 0.6) is 0 Å². The molecule has 0 fully saturated rings. The van der Waals surface area contributed by atoms with Gasteiger partial charge in [0.1, 0.15) is 0 Å². The van der Waals surface area contributed by atoms with E-state index in [-0.39, 0.29) is 31.0 Å². The Morgan fingerprint density at radius 1 is 1.18 bits per heavy atom. The maximum atomic E-state index is 11.3. The largest absolute Gasteiger partial charge is 1.00 e. The van der Waals surface area contributed by atoms with Gasteiger partial charge in [0.15, 0.2) is 0 Å². The molecule has 0 aromatic heterocycles. The molecule has 0 aromatic rings. The van der Waals surface area contributed by atoms with Gasteiger partial charge in [0.05, 0.1) is 13.2 Å². The Morgan fingerprint density at radius 2 is 1.55 bits per heavy atom. The predicted molar refractivity (Wildman–Crippen MR) is 42.5 cm³/mol. The van der Waals surface area contributed by atoms with Crippen LogP contribution < -0.4 is 29.6 Å². The average molecular weight is 190 g/mol. The Morgan fingerprint density at radius 3 is 1.73 bits per heavy atom. The summed E-state index contributed by atoms with van der Waals surface area (Å²) in [7, 11) is -2.70. The van der Waals surface area contributed by atoms with Crippen LogP contribution in [0.2, 0.25) is 0 Å². The van der Waals surface area contributed by atoms with Crippen molar-refractivity contribution < 1.29 is 44.6 Å². The second kappa shape index (κ2) is 7.78. The van der Waals surface area contributed by atoms with Gasteiger partial charge < -0.3 is 10.5 Å². The van der Waals surface area contributed by atoms with Gasteiger partial charge in [0.2, 0.25) is 0 Å². The van der Waals surface area contributed by atoms with Crippen molar-refractivity contribution in [3.63, 3.8) is 0 Å². The molecule has 0 amide bonds. The van der Waals surface area contributed by atoms with E-state index in [1.807, 2.05) is 0 Å². The quantitative estimate of drug-likeness (QED) is 0.428. The number of rotatable bonds is 5. The van der Waals surface area contributed by atoms with E-state index in [1.54, 1.807) is 20.8 Å². The average Bonchev–Trinajstić information content (AvgIpc) is 1.89. The van der Waals surface area contributed by atoms with Gasteiger partial charge in [-0.25, -0.2) is 0 Å². The van der Waals surface area contributed by atoms with Crippen LogP contribution in [-0.2, 0) is 13.6 Å². The van der Waals surface area contributed by atoms with Crippen LogP contribution in [0, 0.1) is 0 Å². The van der Waals surface area contributed by atoms with Crippen LogP contribution in [-0.4, -0.2) is 19.4 Å². The third kappa shape index (κ3) is 6.32. The van der Waals surface area contributed by atoms with Gasteiger partial charge in [-0.15, -0.1) is 0 Å². The first kappa shape index (κ1) is 14.7. The molecule has 0 aliphatic heterocycles. The summed E-state index contributed by atoms with van der Waals surface area (Å²) < 4.78 is 21.2. The molecule has 64 valence electrons. The number of hydrogen-bond acceptors (Lipinski definition) is 3. The third-order valence-electron chi connectivity index (χ3n) is 1.04. The molecule has 0 unspecified atom stereocenters. The van der Waals surface area contributed by atoms with E-state index >= 15 is 0 Å². The zero-order chi connectivity index (χ0) is 8.04. The van der Waals surface area contributed by atoms with Gasteiger partial charge in [-0.05, 0) is 13.8 Å². The standard InChI is InChI=1S/C6H15O3P.Na.H/c1-4-8-10(7,6-3)9-5-2;;/h4-6H2,1-3H3;;/q;+1;-1. The molecular formula is C6H16NaO3P. The molecule has 0 spiro atoms. The number of hydrogen-bond donors (Lipinski definition) is 0. The molecule has 0 saturated heterocycles. The Kier molecular flexibility index (Phi) is 10.4. The molecule has 0 saturated carbocycles. The zero-order valence-corrected chi connectivity index (χ0v) is 10.7. The smallest absolute Gasteiger partial charge is 1.00 e. The summed E-state index contributed by atoms with van der Waals surface area (Å²) in [6.07, 6.45) is 0.453. The zero-order valence-electron chi connectivity index (χ0n) is 8.79. The Bertz CT molecular complexity index is 124. The maximum Gasteiger partial charge on any atom is 1.00 e. The van der Waals surface area contributed by atoms with Gasteiger partial charge in [-0.1, -0.05) is 6.92 Å². The van der Waals surface area contributed by atoms with Gasteiger partial charge in [-0.3, -0.25) is 4.57 Å². The van der Waals surface area contributed by atoms with Crippen molar-refractivity contribution in [2.24, 2.45) is 0 Å². The molecule has 0 N–H and O–H groups in total. The van der Waals surface area contributed by atoms with Crippen molar-refractivity contribution in [2.45, 2.75) is 20.8 Å². The SMILES string of the molecule is CCOP(=O)(CC)OCC.[H-].[Na+]. The molecular weight excluding hydrogens is 174 g/mol. The summed E-state index contributed by atoms with van der Waals surface area (Å²) in [5.41, 5.74) is 0. The predicted octanol–water partition coefficient (Wildman–Crippen LogP) is -0.611. The second-order valence-corrected chi connectivity index (χ2v) is 4.13. The molecule has 0 rings (SSSR count). The van der Waals surface area contributed by atoms with E-state index in [9.17, 15) is 4.57 Å². The van der Waals surface area contributed by atoms with E-state index in [1.165, 1.54) is 0 Å². The van der Waals surface area contributed by atoms with Gasteiger partial charge in [-0.2, -0.15) is 0 Å². The van der Waals surface area contributed by atoms with E-state index in [0.717, 1.165) is 0 Å². The molecule has 11 heavy (non-hydrogen) atoms. The fourth-order valence-electron chi connectivity index (χ4n) is 0.613. The summed E-state index contributed by atoms with van der Waals surface area (Å²) in [5, 5.41) is 0. The minimum Gasteiger partial charge on any atom is -1.00 e. The third-order valence-corrected chi connectivity index (χ3v) is 3.12. The van der Waals surface area contributed by atoms with E-state index < -0.39 is 7.60 Å². The van der Waals surface area contributed by atoms with Crippen LogP contribution in [0.15, 0.2) is 0 Å². The van der Waals surface area contributed by atoms with E-state index in [4.69, 9.17) is 9.05 Å². The van der Waals surface area contributed by atoms with Gasteiger partial charge in [0.25, 0.3) is 0 Å². The summed E-state index contributed by atoms with van der Waals surface area (Å²) in [6.45, 7) is 6.31. The van der Waals surface area contributed by atoms with Crippen molar-refractivity contribution in [3.05, 3.63) is 0 Å². The van der Waals surface area contributed by atoms with Crippen LogP contribution >= 0.6 is 7.60 Å². The minimum atomic E-state index is -2.70. The maximum absolute atomic E-state index is 11.3. The summed E-state index contributed by atoms with van der Waals surface area (Å²) in [4.78, 5) is 0. The van der Waals surface area contributed by atoms with Gasteiger partial charge in [0, 0.05) is 6.16 Å². The first-order valence-electron chi connectivity index (χ1n) is 3.56. The van der Waals surface area contributed by atoms with Crippen molar-refractivity contribution in [2.75, 3.05) is 19.4 Å². The monoisotopic (exact) mass is 190 g/mol. The summed E-state index contributed by atoms with van der Waals surface area (Å²) >= 11 is 0. The molecule has 0 radical (unpaired) electrons. The second-order valence-electron chi connectivity index (χ2n) is 1.76. The molecule has 0 bridgehead atoms. The first-order valence-corrected chi connectivity index (χ1v) is 5.29. The van der Waals surface area contributed by atoms with Crippen LogP contribution in [0.1, 0.15) is 22.2 Å². The first-order chi connectivity index (χ1) is 4.68. The van der Waals surface area contributed by atoms with Crippen LogP contribution in [0.3, 0.4) is 0 Å². The summed E-state index contributed by atoms with van der Waals surface area (Å²) in [6, 6.07) is 0. The van der Waals surface area contributed by atoms with E-state index in [2.05, 4.69) is 0 Å². The fraction of sp³-hybridized carbons (Fsp3) is 1.00. The summed E-state index contributed by atoms with van der Waals surface area (Å²) in [5.74, 6) is 0. The van der Waals surface area contributed by atoms with E-state index in [0.29, 0.717) is 19.4 Å². The molecule has 0 heterocycles. The molecule has 0 aliphatic rings. The minimum absolute atomic E-state index is 0. The molecule has 5 heteroatoms. The van der Waals surface area contributed by atoms with Crippen LogP contribution in [0.4, 0.5) is 0 Å².